The highest BCUT2D eigenvalue weighted by molar-refractivity contribution is 6.32. The van der Waals surface area contributed by atoms with Crippen molar-refractivity contribution < 1.29 is 19.0 Å². The van der Waals surface area contributed by atoms with Crippen LogP contribution in [0, 0.1) is 0 Å². The van der Waals surface area contributed by atoms with Gasteiger partial charge in [0.05, 0.1) is 38.0 Å². The minimum Gasteiger partial charge on any atom is -0.489 e. The molecule has 0 aliphatic carbocycles. The molecule has 1 saturated heterocycles. The Bertz CT molecular complexity index is 900. The molecule has 0 saturated carbocycles. The summed E-state index contributed by atoms with van der Waals surface area (Å²) < 4.78 is 16.8. The molecule has 2 aromatic carbocycles. The number of likely N-dealkylation sites (N-methyl/N-ethyl adjacent to an activating group) is 1. The molecule has 1 N–H and O–H groups in total. The predicted molar refractivity (Wildman–Crippen MR) is 121 cm³/mol. The van der Waals surface area contributed by atoms with Crippen LogP contribution in [-0.2, 0) is 16.1 Å². The van der Waals surface area contributed by atoms with Crippen LogP contribution >= 0.6 is 11.6 Å². The average molecular weight is 446 g/mol. The number of halogens is 1. The van der Waals surface area contributed by atoms with Gasteiger partial charge in [-0.05, 0) is 49.0 Å². The predicted octanol–water partition coefficient (Wildman–Crippen LogP) is 3.41. The first-order chi connectivity index (χ1) is 15.1. The van der Waals surface area contributed by atoms with E-state index in [1.165, 1.54) is 0 Å². The summed E-state index contributed by atoms with van der Waals surface area (Å²) in [4.78, 5) is 16.7. The van der Waals surface area contributed by atoms with Gasteiger partial charge < -0.3 is 24.4 Å². The zero-order chi connectivity index (χ0) is 21.6. The van der Waals surface area contributed by atoms with Crippen LogP contribution in [0.5, 0.6) is 11.5 Å². The molecule has 1 amide bonds. The minimum absolute atomic E-state index is 0.0675. The fourth-order valence-corrected chi connectivity index (χ4v) is 4.05. The second-order valence-electron chi connectivity index (χ2n) is 7.82. The summed E-state index contributed by atoms with van der Waals surface area (Å²) in [6.45, 7) is 5.31. The van der Waals surface area contributed by atoms with Crippen molar-refractivity contribution >= 4 is 28.9 Å². The van der Waals surface area contributed by atoms with Crippen LogP contribution < -0.4 is 19.7 Å². The zero-order valence-electron chi connectivity index (χ0n) is 17.7. The number of rotatable bonds is 6. The van der Waals surface area contributed by atoms with E-state index in [1.54, 1.807) is 0 Å². The van der Waals surface area contributed by atoms with Gasteiger partial charge in [0.1, 0.15) is 0 Å². The second-order valence-corrected chi connectivity index (χ2v) is 8.23. The second kappa shape index (κ2) is 10.2. The largest absolute Gasteiger partial charge is 0.489 e. The van der Waals surface area contributed by atoms with Crippen molar-refractivity contribution in [3.05, 3.63) is 47.0 Å². The highest BCUT2D eigenvalue weighted by Crippen LogP contribution is 2.38. The number of hydrogen-bond acceptors (Lipinski definition) is 6. The molecule has 1 fully saturated rings. The van der Waals surface area contributed by atoms with Crippen molar-refractivity contribution in [1.82, 2.24) is 4.90 Å². The smallest absolute Gasteiger partial charge is 0.238 e. The van der Waals surface area contributed by atoms with Gasteiger partial charge in [0, 0.05) is 37.4 Å². The number of amides is 1. The highest BCUT2D eigenvalue weighted by Gasteiger charge is 2.17. The number of ether oxygens (including phenoxy) is 3. The van der Waals surface area contributed by atoms with Gasteiger partial charge in [-0.1, -0.05) is 11.6 Å². The van der Waals surface area contributed by atoms with E-state index in [0.717, 1.165) is 49.7 Å². The average Bonchev–Trinajstić information content (AvgIpc) is 3.00. The summed E-state index contributed by atoms with van der Waals surface area (Å²) >= 11 is 6.37. The Balaban J connectivity index is 1.30. The lowest BCUT2D eigenvalue weighted by atomic mass is 10.2. The molecule has 31 heavy (non-hydrogen) atoms. The SMILES string of the molecule is CN(CC(=O)Nc1ccc(N2CCOCC2)cc1)Cc1cc(Cl)c2c(c1)OCCCO2. The van der Waals surface area contributed by atoms with E-state index < -0.39 is 0 Å². The summed E-state index contributed by atoms with van der Waals surface area (Å²) in [5, 5.41) is 3.50. The van der Waals surface area contributed by atoms with Crippen molar-refractivity contribution in [3.8, 4) is 11.5 Å². The van der Waals surface area contributed by atoms with Crippen LogP contribution in [0.25, 0.3) is 0 Å². The molecule has 2 aromatic rings. The molecule has 0 aromatic heterocycles. The minimum atomic E-state index is -0.0675. The van der Waals surface area contributed by atoms with Crippen molar-refractivity contribution in [2.45, 2.75) is 13.0 Å². The topological polar surface area (TPSA) is 63.3 Å². The van der Waals surface area contributed by atoms with Gasteiger partial charge >= 0.3 is 0 Å². The maximum Gasteiger partial charge on any atom is 0.238 e. The number of benzene rings is 2. The Morgan fingerprint density at radius 1 is 1.10 bits per heavy atom. The van der Waals surface area contributed by atoms with Crippen LogP contribution in [0.1, 0.15) is 12.0 Å². The summed E-state index contributed by atoms with van der Waals surface area (Å²) in [7, 11) is 1.90. The number of nitrogens with one attached hydrogen (secondary N) is 1. The number of anilines is 2. The van der Waals surface area contributed by atoms with Crippen LogP contribution in [0.2, 0.25) is 5.02 Å². The summed E-state index contributed by atoms with van der Waals surface area (Å²) in [6.07, 6.45) is 0.827. The monoisotopic (exact) mass is 445 g/mol. The summed E-state index contributed by atoms with van der Waals surface area (Å²) in [5.74, 6) is 1.20. The van der Waals surface area contributed by atoms with Crippen molar-refractivity contribution in [2.75, 3.05) is 63.3 Å². The third-order valence-corrected chi connectivity index (χ3v) is 5.54. The molecule has 8 heteroatoms. The quantitative estimate of drug-likeness (QED) is 0.735. The molecule has 0 atom stereocenters. The molecule has 2 aliphatic rings. The first-order valence-electron chi connectivity index (χ1n) is 10.6. The third-order valence-electron chi connectivity index (χ3n) is 5.26. The van der Waals surface area contributed by atoms with Gasteiger partial charge in [0.15, 0.2) is 11.5 Å². The normalized spacial score (nSPS) is 16.2. The standard InChI is InChI=1S/C23H28ClN3O4/c1-26(15-17-13-20(24)23-21(14-17)30-9-2-10-31-23)16-22(28)25-18-3-5-19(6-4-18)27-7-11-29-12-8-27/h3-6,13-14H,2,7-12,15-16H2,1H3,(H,25,28). The summed E-state index contributed by atoms with van der Waals surface area (Å²) in [5.41, 5.74) is 2.90. The fraction of sp³-hybridized carbons (Fsp3) is 0.435. The van der Waals surface area contributed by atoms with Crippen LogP contribution in [0.4, 0.5) is 11.4 Å². The maximum absolute atomic E-state index is 12.5. The molecule has 0 bridgehead atoms. The molecule has 4 rings (SSSR count). The van der Waals surface area contributed by atoms with Crippen molar-refractivity contribution in [2.24, 2.45) is 0 Å². The number of morpholine rings is 1. The van der Waals surface area contributed by atoms with E-state index in [4.69, 9.17) is 25.8 Å². The van der Waals surface area contributed by atoms with Gasteiger partial charge in [-0.2, -0.15) is 0 Å². The molecule has 0 radical (unpaired) electrons. The summed E-state index contributed by atoms with van der Waals surface area (Å²) in [6, 6.07) is 11.7. The van der Waals surface area contributed by atoms with Gasteiger partial charge in [-0.15, -0.1) is 0 Å². The lowest BCUT2D eigenvalue weighted by molar-refractivity contribution is -0.117. The lowest BCUT2D eigenvalue weighted by Gasteiger charge is -2.28. The van der Waals surface area contributed by atoms with E-state index in [2.05, 4.69) is 10.2 Å². The molecular formula is C23H28ClN3O4. The Morgan fingerprint density at radius 2 is 1.84 bits per heavy atom. The van der Waals surface area contributed by atoms with Gasteiger partial charge in [0.25, 0.3) is 0 Å². The van der Waals surface area contributed by atoms with E-state index in [1.807, 2.05) is 48.3 Å². The van der Waals surface area contributed by atoms with Gasteiger partial charge in [-0.3, -0.25) is 9.69 Å². The maximum atomic E-state index is 12.5. The van der Waals surface area contributed by atoms with E-state index in [-0.39, 0.29) is 12.5 Å². The molecule has 166 valence electrons. The lowest BCUT2D eigenvalue weighted by Crippen LogP contribution is -2.36. The van der Waals surface area contributed by atoms with E-state index in [9.17, 15) is 4.79 Å². The van der Waals surface area contributed by atoms with Gasteiger partial charge in [-0.25, -0.2) is 0 Å². The first-order valence-corrected chi connectivity index (χ1v) is 11.0. The third kappa shape index (κ3) is 5.81. The Kier molecular flexibility index (Phi) is 7.17. The first kappa shape index (κ1) is 21.7. The number of carbonyl (C=O) groups excluding carboxylic acids is 1. The molecule has 7 nitrogen and oxygen atoms in total. The number of carbonyl (C=O) groups is 1. The van der Waals surface area contributed by atoms with Crippen LogP contribution in [0.3, 0.4) is 0 Å². The van der Waals surface area contributed by atoms with Gasteiger partial charge in [0.2, 0.25) is 5.91 Å². The van der Waals surface area contributed by atoms with Crippen molar-refractivity contribution in [3.63, 3.8) is 0 Å². The van der Waals surface area contributed by atoms with Crippen LogP contribution in [-0.4, -0.2) is 63.9 Å². The van der Waals surface area contributed by atoms with Crippen LogP contribution in [0.15, 0.2) is 36.4 Å². The molecule has 0 spiro atoms. The Morgan fingerprint density at radius 3 is 2.61 bits per heavy atom. The Labute approximate surface area is 187 Å². The van der Waals surface area contributed by atoms with E-state index >= 15 is 0 Å². The number of fused-ring (bicyclic) bond motifs is 1. The molecule has 2 heterocycles. The highest BCUT2D eigenvalue weighted by atomic mass is 35.5. The Hall–Kier alpha value is -2.48. The van der Waals surface area contributed by atoms with E-state index in [0.29, 0.717) is 36.3 Å². The molecule has 0 unspecified atom stereocenters. The number of nitrogens with zero attached hydrogens (tertiary/aromatic N) is 2. The molecular weight excluding hydrogens is 418 g/mol. The zero-order valence-corrected chi connectivity index (χ0v) is 18.5. The number of hydrogen-bond donors (Lipinski definition) is 1. The fourth-order valence-electron chi connectivity index (χ4n) is 3.77. The van der Waals surface area contributed by atoms with Crippen molar-refractivity contribution in [1.29, 1.82) is 0 Å². The molecule has 2 aliphatic heterocycles.